The van der Waals surface area contributed by atoms with E-state index in [1.165, 1.54) is 26.4 Å². The number of esters is 1. The fraction of sp³-hybridized carbons (Fsp3) is 0.765. The van der Waals surface area contributed by atoms with Gasteiger partial charge in [-0.1, -0.05) is 32.1 Å². The molecule has 132 valence electrons. The minimum atomic E-state index is -0.538. The summed E-state index contributed by atoms with van der Waals surface area (Å²) < 4.78 is 4.90. The van der Waals surface area contributed by atoms with Gasteiger partial charge in [-0.2, -0.15) is 15.4 Å². The molecule has 0 bridgehead atoms. The van der Waals surface area contributed by atoms with Crippen LogP contribution in [0.3, 0.4) is 0 Å². The lowest BCUT2D eigenvalue weighted by Gasteiger charge is -2.27. The number of nitrogens with one attached hydrogen (secondary N) is 2. The number of aromatic amines is 1. The van der Waals surface area contributed by atoms with Gasteiger partial charge in [0.2, 0.25) is 5.91 Å². The second-order valence-electron chi connectivity index (χ2n) is 6.98. The van der Waals surface area contributed by atoms with E-state index in [1.54, 1.807) is 0 Å². The van der Waals surface area contributed by atoms with Crippen molar-refractivity contribution in [2.75, 3.05) is 7.11 Å². The van der Waals surface area contributed by atoms with Gasteiger partial charge in [-0.25, -0.2) is 4.79 Å². The van der Waals surface area contributed by atoms with Gasteiger partial charge in [-0.3, -0.25) is 4.79 Å². The molecule has 2 atom stereocenters. The molecule has 1 heterocycles. The Morgan fingerprint density at radius 3 is 2.71 bits per heavy atom. The van der Waals surface area contributed by atoms with Gasteiger partial charge < -0.3 is 10.1 Å². The number of rotatable bonds is 5. The Hall–Kier alpha value is -1.92. The van der Waals surface area contributed by atoms with Crippen LogP contribution in [0.2, 0.25) is 0 Å². The minimum Gasteiger partial charge on any atom is -0.467 e. The highest BCUT2D eigenvalue weighted by Gasteiger charge is 2.32. The molecular formula is C17H26N4O3. The molecule has 2 N–H and O–H groups in total. The van der Waals surface area contributed by atoms with Crippen molar-refractivity contribution in [2.45, 2.75) is 63.8 Å². The molecule has 0 unspecified atom stereocenters. The third kappa shape index (κ3) is 3.94. The normalized spacial score (nSPS) is 22.5. The van der Waals surface area contributed by atoms with Gasteiger partial charge >= 0.3 is 5.97 Å². The molecule has 0 radical (unpaired) electrons. The summed E-state index contributed by atoms with van der Waals surface area (Å²) >= 11 is 0. The number of hydrogen-bond acceptors (Lipinski definition) is 5. The van der Waals surface area contributed by atoms with E-state index in [1.807, 2.05) is 0 Å². The fourth-order valence-electron chi connectivity index (χ4n) is 3.91. The second-order valence-corrected chi connectivity index (χ2v) is 6.98. The van der Waals surface area contributed by atoms with Crippen LogP contribution >= 0.6 is 0 Å². The van der Waals surface area contributed by atoms with E-state index < -0.39 is 6.04 Å². The van der Waals surface area contributed by atoms with Gasteiger partial charge in [-0.15, -0.1) is 0 Å². The predicted molar refractivity (Wildman–Crippen MR) is 87.0 cm³/mol. The smallest absolute Gasteiger partial charge is 0.328 e. The van der Waals surface area contributed by atoms with Crippen LogP contribution in [0, 0.1) is 11.8 Å². The number of hydrogen-bond donors (Lipinski definition) is 2. The Morgan fingerprint density at radius 2 is 1.96 bits per heavy atom. The van der Waals surface area contributed by atoms with Crippen LogP contribution in [0.25, 0.3) is 0 Å². The van der Waals surface area contributed by atoms with Gasteiger partial charge in [-0.05, 0) is 25.2 Å². The molecule has 3 rings (SSSR count). The molecule has 1 amide bonds. The van der Waals surface area contributed by atoms with Crippen LogP contribution in [0.15, 0.2) is 0 Å². The Balaban J connectivity index is 1.59. The molecule has 0 spiro atoms. The highest BCUT2D eigenvalue weighted by atomic mass is 16.5. The first-order chi connectivity index (χ1) is 11.7. The highest BCUT2D eigenvalue weighted by Crippen LogP contribution is 2.28. The molecule has 1 fully saturated rings. The van der Waals surface area contributed by atoms with Gasteiger partial charge in [0.25, 0.3) is 0 Å². The lowest BCUT2D eigenvalue weighted by molar-refractivity contribution is -0.146. The molecule has 0 aliphatic heterocycles. The number of amides is 1. The van der Waals surface area contributed by atoms with Crippen molar-refractivity contribution in [3.63, 3.8) is 0 Å². The van der Waals surface area contributed by atoms with Crippen LogP contribution < -0.4 is 5.32 Å². The summed E-state index contributed by atoms with van der Waals surface area (Å²) in [5.41, 5.74) is 1.81. The van der Waals surface area contributed by atoms with Crippen molar-refractivity contribution in [1.82, 2.24) is 20.7 Å². The summed E-state index contributed by atoms with van der Waals surface area (Å²) in [4.78, 5) is 24.7. The van der Waals surface area contributed by atoms with Crippen molar-refractivity contribution in [3.05, 3.63) is 11.4 Å². The van der Waals surface area contributed by atoms with E-state index in [-0.39, 0.29) is 17.8 Å². The molecule has 1 aromatic heterocycles. The number of methoxy groups -OCH3 is 1. The predicted octanol–water partition coefficient (Wildman–Crippen LogP) is 1.54. The Kier molecular flexibility index (Phi) is 5.48. The third-order valence-corrected chi connectivity index (χ3v) is 5.34. The zero-order valence-corrected chi connectivity index (χ0v) is 14.2. The van der Waals surface area contributed by atoms with Crippen LogP contribution in [0.1, 0.15) is 56.3 Å². The summed E-state index contributed by atoms with van der Waals surface area (Å²) in [6.45, 7) is 0. The Bertz CT molecular complexity index is 580. The second kappa shape index (κ2) is 7.77. The maximum Gasteiger partial charge on any atom is 0.328 e. The van der Waals surface area contributed by atoms with Crippen molar-refractivity contribution >= 4 is 11.9 Å². The van der Waals surface area contributed by atoms with E-state index in [0.29, 0.717) is 18.8 Å². The number of nitrogens with zero attached hydrogens (tertiary/aromatic N) is 2. The maximum atomic E-state index is 12.6. The van der Waals surface area contributed by atoms with E-state index in [0.717, 1.165) is 37.1 Å². The molecule has 0 saturated heterocycles. The van der Waals surface area contributed by atoms with Crippen molar-refractivity contribution in [2.24, 2.45) is 11.8 Å². The van der Waals surface area contributed by atoms with Crippen LogP contribution in [-0.2, 0) is 27.2 Å². The SMILES string of the molecule is COC(=O)[C@@H](CC1CCCCC1)NC(=O)[C@@H]1CCc2n[nH]nc2C1. The van der Waals surface area contributed by atoms with E-state index >= 15 is 0 Å². The molecular weight excluding hydrogens is 308 g/mol. The molecule has 2 aliphatic carbocycles. The number of H-pyrrole nitrogens is 1. The first-order valence-electron chi connectivity index (χ1n) is 8.94. The summed E-state index contributed by atoms with van der Waals surface area (Å²) in [5, 5.41) is 13.7. The molecule has 2 aliphatic rings. The fourth-order valence-corrected chi connectivity index (χ4v) is 3.91. The van der Waals surface area contributed by atoms with Crippen molar-refractivity contribution < 1.29 is 14.3 Å². The Labute approximate surface area is 141 Å². The lowest BCUT2D eigenvalue weighted by Crippen LogP contribution is -2.46. The summed E-state index contributed by atoms with van der Waals surface area (Å²) in [6, 6.07) is -0.538. The average molecular weight is 334 g/mol. The minimum absolute atomic E-state index is 0.0742. The van der Waals surface area contributed by atoms with Crippen LogP contribution in [0.4, 0.5) is 0 Å². The molecule has 7 heteroatoms. The van der Waals surface area contributed by atoms with E-state index in [4.69, 9.17) is 4.74 Å². The van der Waals surface area contributed by atoms with Crippen LogP contribution in [-0.4, -0.2) is 40.4 Å². The largest absolute Gasteiger partial charge is 0.467 e. The summed E-state index contributed by atoms with van der Waals surface area (Å²) in [7, 11) is 1.38. The van der Waals surface area contributed by atoms with Crippen molar-refractivity contribution in [3.8, 4) is 0 Å². The summed E-state index contributed by atoms with van der Waals surface area (Å²) in [5.74, 6) is -0.0699. The number of carbonyl (C=O) groups excluding carboxylic acids is 2. The molecule has 7 nitrogen and oxygen atoms in total. The third-order valence-electron chi connectivity index (χ3n) is 5.34. The van der Waals surface area contributed by atoms with E-state index in [2.05, 4.69) is 20.7 Å². The highest BCUT2D eigenvalue weighted by molar-refractivity contribution is 5.86. The standard InChI is InChI=1S/C17H26N4O3/c1-24-17(23)15(9-11-5-3-2-4-6-11)18-16(22)12-7-8-13-14(10-12)20-21-19-13/h11-12,15H,2-10H2,1H3,(H,18,22)(H,19,20,21)/t12-,15-/m1/s1. The molecule has 24 heavy (non-hydrogen) atoms. The number of ether oxygens (including phenoxy) is 1. The number of aryl methyl sites for hydroxylation is 1. The zero-order chi connectivity index (χ0) is 16.9. The van der Waals surface area contributed by atoms with E-state index in [9.17, 15) is 9.59 Å². The van der Waals surface area contributed by atoms with Gasteiger partial charge in [0.05, 0.1) is 18.5 Å². The van der Waals surface area contributed by atoms with Crippen molar-refractivity contribution in [1.29, 1.82) is 0 Å². The van der Waals surface area contributed by atoms with Gasteiger partial charge in [0.15, 0.2) is 0 Å². The topological polar surface area (TPSA) is 97.0 Å². The zero-order valence-electron chi connectivity index (χ0n) is 14.2. The summed E-state index contributed by atoms with van der Waals surface area (Å²) in [6.07, 6.45) is 8.71. The van der Waals surface area contributed by atoms with Gasteiger partial charge in [0, 0.05) is 12.3 Å². The molecule has 1 saturated carbocycles. The molecule has 0 aromatic carbocycles. The lowest BCUT2D eigenvalue weighted by atomic mass is 9.84. The van der Waals surface area contributed by atoms with Crippen LogP contribution in [0.5, 0.6) is 0 Å². The number of fused-ring (bicyclic) bond motifs is 1. The first-order valence-corrected chi connectivity index (χ1v) is 8.94. The van der Waals surface area contributed by atoms with Gasteiger partial charge in [0.1, 0.15) is 6.04 Å². The average Bonchev–Trinajstić information content (AvgIpc) is 3.09. The monoisotopic (exact) mass is 334 g/mol. The number of aromatic nitrogens is 3. The number of carbonyl (C=O) groups is 2. The first kappa shape index (κ1) is 16.9. The maximum absolute atomic E-state index is 12.6. The Morgan fingerprint density at radius 1 is 1.21 bits per heavy atom. The quantitative estimate of drug-likeness (QED) is 0.796. The molecule has 1 aromatic rings.